The molecule has 4 amide bonds. The highest BCUT2D eigenvalue weighted by Gasteiger charge is 2.55. The van der Waals surface area contributed by atoms with Crippen molar-refractivity contribution in [3.05, 3.63) is 29.6 Å². The van der Waals surface area contributed by atoms with Crippen molar-refractivity contribution in [3.8, 4) is 0 Å². The molecule has 0 spiro atoms. The Bertz CT molecular complexity index is 871. The molecule has 1 aromatic rings. The van der Waals surface area contributed by atoms with E-state index in [0.29, 0.717) is 19.5 Å². The quantitative estimate of drug-likeness (QED) is 0.761. The van der Waals surface area contributed by atoms with Crippen molar-refractivity contribution < 1.29 is 18.8 Å². The molecule has 3 heterocycles. The second kappa shape index (κ2) is 6.18. The molecule has 1 saturated carbocycles. The third kappa shape index (κ3) is 2.73. The van der Waals surface area contributed by atoms with E-state index in [0.717, 1.165) is 37.1 Å². The normalized spacial score (nSPS) is 28.7. The zero-order valence-corrected chi connectivity index (χ0v) is 15.5. The van der Waals surface area contributed by atoms with Crippen LogP contribution < -0.4 is 15.5 Å². The van der Waals surface area contributed by atoms with Gasteiger partial charge in [-0.1, -0.05) is 0 Å². The Morgan fingerprint density at radius 3 is 2.79 bits per heavy atom. The lowest BCUT2D eigenvalue weighted by molar-refractivity contribution is -0.133. The van der Waals surface area contributed by atoms with Gasteiger partial charge in [0.05, 0.1) is 6.04 Å². The Labute approximate surface area is 162 Å². The van der Waals surface area contributed by atoms with Gasteiger partial charge in [0, 0.05) is 31.7 Å². The van der Waals surface area contributed by atoms with Gasteiger partial charge >= 0.3 is 6.03 Å². The van der Waals surface area contributed by atoms with Gasteiger partial charge < -0.3 is 15.1 Å². The Balaban J connectivity index is 1.23. The summed E-state index contributed by atoms with van der Waals surface area (Å²) in [5, 5.41) is 5.10. The molecule has 2 atom stereocenters. The molecule has 8 heteroatoms. The summed E-state index contributed by atoms with van der Waals surface area (Å²) >= 11 is 0. The van der Waals surface area contributed by atoms with Crippen molar-refractivity contribution in [2.24, 2.45) is 5.92 Å². The minimum atomic E-state index is -0.921. The molecule has 7 nitrogen and oxygen atoms in total. The van der Waals surface area contributed by atoms with Crippen molar-refractivity contribution in [1.82, 2.24) is 15.5 Å². The Morgan fingerprint density at radius 2 is 2.07 bits per heavy atom. The van der Waals surface area contributed by atoms with Crippen molar-refractivity contribution in [1.29, 1.82) is 0 Å². The van der Waals surface area contributed by atoms with Gasteiger partial charge in [0.2, 0.25) is 5.91 Å². The molecule has 1 aromatic carbocycles. The number of piperazine rings is 1. The molecular weight excluding hydrogens is 363 g/mol. The molecule has 148 valence electrons. The van der Waals surface area contributed by atoms with E-state index in [1.807, 2.05) is 11.0 Å². The number of benzene rings is 1. The third-order valence-electron chi connectivity index (χ3n) is 6.62. The van der Waals surface area contributed by atoms with E-state index in [2.05, 4.69) is 15.5 Å². The second-order valence-electron chi connectivity index (χ2n) is 8.32. The molecule has 1 aliphatic carbocycles. The van der Waals surface area contributed by atoms with Crippen LogP contribution in [0.1, 0.15) is 31.2 Å². The van der Waals surface area contributed by atoms with Gasteiger partial charge in [-0.2, -0.15) is 0 Å². The predicted octanol–water partition coefficient (Wildman–Crippen LogP) is 1.17. The first-order chi connectivity index (χ1) is 13.5. The predicted molar refractivity (Wildman–Crippen MR) is 99.2 cm³/mol. The van der Waals surface area contributed by atoms with Crippen LogP contribution in [0.4, 0.5) is 14.9 Å². The Kier molecular flexibility index (Phi) is 3.86. The van der Waals surface area contributed by atoms with Crippen molar-refractivity contribution in [2.75, 3.05) is 24.5 Å². The number of carbonyl (C=O) groups excluding carboxylic acids is 3. The summed E-state index contributed by atoms with van der Waals surface area (Å²) in [7, 11) is 0. The molecule has 3 aliphatic heterocycles. The first kappa shape index (κ1) is 17.5. The highest BCUT2D eigenvalue weighted by molar-refractivity contribution is 6.07. The van der Waals surface area contributed by atoms with Crippen LogP contribution >= 0.6 is 0 Å². The van der Waals surface area contributed by atoms with E-state index in [4.69, 9.17) is 0 Å². The number of carbonyl (C=O) groups is 3. The van der Waals surface area contributed by atoms with Crippen LogP contribution in [0.2, 0.25) is 0 Å². The molecule has 2 N–H and O–H groups in total. The van der Waals surface area contributed by atoms with Crippen LogP contribution in [0.15, 0.2) is 18.2 Å². The third-order valence-corrected chi connectivity index (χ3v) is 6.62. The zero-order valence-electron chi connectivity index (χ0n) is 15.5. The van der Waals surface area contributed by atoms with Gasteiger partial charge in [0.15, 0.2) is 0 Å². The lowest BCUT2D eigenvalue weighted by atomic mass is 9.87. The van der Waals surface area contributed by atoms with Crippen LogP contribution in [0, 0.1) is 11.7 Å². The van der Waals surface area contributed by atoms with Crippen LogP contribution in [-0.2, 0) is 16.0 Å². The fourth-order valence-electron chi connectivity index (χ4n) is 5.04. The van der Waals surface area contributed by atoms with E-state index >= 15 is 0 Å². The number of nitrogens with one attached hydrogen (secondary N) is 2. The molecule has 1 unspecified atom stereocenters. The molecule has 28 heavy (non-hydrogen) atoms. The van der Waals surface area contributed by atoms with Crippen LogP contribution in [0.3, 0.4) is 0 Å². The van der Waals surface area contributed by atoms with Gasteiger partial charge in [0.1, 0.15) is 11.4 Å². The van der Waals surface area contributed by atoms with Crippen molar-refractivity contribution in [3.63, 3.8) is 0 Å². The summed E-state index contributed by atoms with van der Waals surface area (Å²) in [6.45, 7) is 1.94. The topological polar surface area (TPSA) is 81.8 Å². The molecule has 4 aliphatic rings. The smallest absolute Gasteiger partial charge is 0.322 e. The molecule has 5 rings (SSSR count). The van der Waals surface area contributed by atoms with E-state index in [9.17, 15) is 18.8 Å². The molecule has 2 saturated heterocycles. The number of halogens is 1. The fourth-order valence-corrected chi connectivity index (χ4v) is 5.04. The molecule has 0 aromatic heterocycles. The Hall–Kier alpha value is -2.64. The van der Waals surface area contributed by atoms with Crippen LogP contribution in [-0.4, -0.2) is 54.0 Å². The molecule has 0 radical (unpaired) electrons. The molecular formula is C20H23FN4O3. The van der Waals surface area contributed by atoms with E-state index < -0.39 is 11.6 Å². The number of amides is 4. The maximum Gasteiger partial charge on any atom is 0.322 e. The molecule has 3 fully saturated rings. The lowest BCUT2D eigenvalue weighted by Crippen LogP contribution is -2.54. The zero-order chi connectivity index (χ0) is 19.5. The first-order valence-corrected chi connectivity index (χ1v) is 9.93. The summed E-state index contributed by atoms with van der Waals surface area (Å²) in [6, 6.07) is 4.59. The van der Waals surface area contributed by atoms with Gasteiger partial charge in [-0.15, -0.1) is 0 Å². The largest absolute Gasteiger partial charge is 0.364 e. The van der Waals surface area contributed by atoms with Gasteiger partial charge in [-0.25, -0.2) is 9.18 Å². The van der Waals surface area contributed by atoms with Crippen molar-refractivity contribution >= 4 is 23.5 Å². The highest BCUT2D eigenvalue weighted by Crippen LogP contribution is 2.44. The minimum Gasteiger partial charge on any atom is -0.364 e. The SMILES string of the molecule is O=C1NC(=O)[C@](CCC(=O)N2CCN3c4ccc(F)cc4CC3C2)(C2CC2)N1. The maximum atomic E-state index is 13.5. The van der Waals surface area contributed by atoms with Crippen LogP contribution in [0.25, 0.3) is 0 Å². The number of nitrogens with zero attached hydrogens (tertiary/aromatic N) is 2. The maximum absolute atomic E-state index is 13.5. The fraction of sp³-hybridized carbons (Fsp3) is 0.550. The molecule has 0 bridgehead atoms. The summed E-state index contributed by atoms with van der Waals surface area (Å²) in [5.74, 6) is -0.390. The lowest BCUT2D eigenvalue weighted by Gasteiger charge is -2.39. The summed E-state index contributed by atoms with van der Waals surface area (Å²) < 4.78 is 13.5. The van der Waals surface area contributed by atoms with E-state index in [1.165, 1.54) is 6.07 Å². The van der Waals surface area contributed by atoms with E-state index in [1.54, 1.807) is 6.07 Å². The Morgan fingerprint density at radius 1 is 1.25 bits per heavy atom. The van der Waals surface area contributed by atoms with Gasteiger partial charge in [-0.05, 0) is 55.4 Å². The monoisotopic (exact) mass is 386 g/mol. The number of fused-ring (bicyclic) bond motifs is 3. The average molecular weight is 386 g/mol. The van der Waals surface area contributed by atoms with Gasteiger partial charge in [0.25, 0.3) is 5.91 Å². The number of hydrogen-bond acceptors (Lipinski definition) is 4. The van der Waals surface area contributed by atoms with Crippen LogP contribution in [0.5, 0.6) is 0 Å². The first-order valence-electron chi connectivity index (χ1n) is 9.93. The van der Waals surface area contributed by atoms with Gasteiger partial charge in [-0.3, -0.25) is 14.9 Å². The second-order valence-corrected chi connectivity index (χ2v) is 8.32. The number of anilines is 1. The summed E-state index contributed by atoms with van der Waals surface area (Å²) in [6.07, 6.45) is 3.11. The number of hydrogen-bond donors (Lipinski definition) is 2. The average Bonchev–Trinajstić information content (AvgIpc) is 3.39. The standard InChI is InChI=1S/C20H23FN4O3/c21-14-3-4-16-12(9-14)10-15-11-24(7-8-25(15)16)17(26)5-6-20(13-1-2-13)18(27)22-19(28)23-20/h3-4,9,13,15H,1-2,5-8,10-11H2,(H2,22,23,27,28)/t15?,20-/m0/s1. The van der Waals surface area contributed by atoms with Crippen molar-refractivity contribution in [2.45, 2.75) is 43.7 Å². The number of imide groups is 1. The number of urea groups is 1. The summed E-state index contributed by atoms with van der Waals surface area (Å²) in [4.78, 5) is 40.9. The number of rotatable bonds is 4. The van der Waals surface area contributed by atoms with E-state index in [-0.39, 0.29) is 36.0 Å². The minimum absolute atomic E-state index is 0.00996. The highest BCUT2D eigenvalue weighted by atomic mass is 19.1. The summed E-state index contributed by atoms with van der Waals surface area (Å²) in [5.41, 5.74) is 1.14.